The highest BCUT2D eigenvalue weighted by atomic mass is 16.5. The fourth-order valence-corrected chi connectivity index (χ4v) is 3.00. The largest absolute Gasteiger partial charge is 0.481 e. The Labute approximate surface area is 166 Å². The number of hydrogen-bond acceptors (Lipinski definition) is 4. The fraction of sp³-hybridized carbons (Fsp3) is 0.818. The number of esters is 1. The van der Waals surface area contributed by atoms with Crippen LogP contribution in [0.15, 0.2) is 12.2 Å². The van der Waals surface area contributed by atoms with Gasteiger partial charge < -0.3 is 14.7 Å². The van der Waals surface area contributed by atoms with E-state index in [1.54, 1.807) is 0 Å². The standard InChI is InChI=1S/C22H41NO4/c1-4-7-8-9-10-11-12-13-14-15-16-20(19-21(24)25)22(26)27-18-17-23(5-2)6-3/h14-15,20H,4-13,16-19H2,1-3H3,(H,24,25)/b15-14+/t20-/m0/s1. The first-order valence-electron chi connectivity index (χ1n) is 10.8. The van der Waals surface area contributed by atoms with E-state index in [1.165, 1.54) is 38.5 Å². The minimum Gasteiger partial charge on any atom is -0.481 e. The molecule has 5 nitrogen and oxygen atoms in total. The second-order valence-electron chi connectivity index (χ2n) is 7.11. The molecule has 1 N–H and O–H groups in total. The van der Waals surface area contributed by atoms with Gasteiger partial charge in [-0.2, -0.15) is 0 Å². The van der Waals surface area contributed by atoms with E-state index in [1.807, 2.05) is 6.08 Å². The van der Waals surface area contributed by atoms with Gasteiger partial charge in [-0.05, 0) is 32.4 Å². The number of carboxylic acid groups (broad SMARTS) is 1. The number of rotatable bonds is 18. The Morgan fingerprint density at radius 2 is 1.59 bits per heavy atom. The second kappa shape index (κ2) is 18.0. The molecule has 158 valence electrons. The van der Waals surface area contributed by atoms with Crippen molar-refractivity contribution in [2.75, 3.05) is 26.2 Å². The maximum atomic E-state index is 12.2. The summed E-state index contributed by atoms with van der Waals surface area (Å²) in [6.07, 6.45) is 14.2. The molecule has 0 aliphatic rings. The van der Waals surface area contributed by atoms with E-state index >= 15 is 0 Å². The van der Waals surface area contributed by atoms with E-state index < -0.39 is 17.9 Å². The van der Waals surface area contributed by atoms with Gasteiger partial charge >= 0.3 is 11.9 Å². The van der Waals surface area contributed by atoms with Crippen LogP contribution in [-0.2, 0) is 14.3 Å². The lowest BCUT2D eigenvalue weighted by Gasteiger charge is -2.19. The molecular formula is C22H41NO4. The molecular weight excluding hydrogens is 342 g/mol. The molecule has 27 heavy (non-hydrogen) atoms. The molecule has 0 aliphatic carbocycles. The maximum Gasteiger partial charge on any atom is 0.309 e. The highest BCUT2D eigenvalue weighted by Crippen LogP contribution is 2.14. The lowest BCUT2D eigenvalue weighted by atomic mass is 10.0. The van der Waals surface area contributed by atoms with E-state index in [-0.39, 0.29) is 6.42 Å². The Morgan fingerprint density at radius 1 is 0.963 bits per heavy atom. The number of likely N-dealkylation sites (N-methyl/N-ethyl adjacent to an activating group) is 1. The molecule has 1 atom stereocenters. The van der Waals surface area contributed by atoms with Crippen molar-refractivity contribution in [1.82, 2.24) is 4.90 Å². The van der Waals surface area contributed by atoms with Crippen LogP contribution in [0.5, 0.6) is 0 Å². The summed E-state index contributed by atoms with van der Waals surface area (Å²) in [7, 11) is 0. The van der Waals surface area contributed by atoms with Crippen molar-refractivity contribution < 1.29 is 19.4 Å². The molecule has 0 aromatic rings. The molecule has 0 saturated heterocycles. The minimum absolute atomic E-state index is 0.175. The minimum atomic E-state index is -0.957. The summed E-state index contributed by atoms with van der Waals surface area (Å²) in [4.78, 5) is 25.4. The van der Waals surface area contributed by atoms with E-state index in [4.69, 9.17) is 9.84 Å². The van der Waals surface area contributed by atoms with Crippen LogP contribution in [0.2, 0.25) is 0 Å². The fourth-order valence-electron chi connectivity index (χ4n) is 3.00. The number of hydrogen-bond donors (Lipinski definition) is 1. The first-order chi connectivity index (χ1) is 13.0. The zero-order valence-corrected chi connectivity index (χ0v) is 17.8. The van der Waals surface area contributed by atoms with Crippen LogP contribution < -0.4 is 0 Å². The first kappa shape index (κ1) is 25.6. The number of unbranched alkanes of at least 4 members (excludes halogenated alkanes) is 7. The Kier molecular flexibility index (Phi) is 17.1. The van der Waals surface area contributed by atoms with Crippen LogP contribution in [0.4, 0.5) is 0 Å². The summed E-state index contributed by atoms with van der Waals surface area (Å²) in [5, 5.41) is 9.04. The van der Waals surface area contributed by atoms with Crippen molar-refractivity contribution in [1.29, 1.82) is 0 Å². The van der Waals surface area contributed by atoms with Crippen LogP contribution in [0.1, 0.15) is 85.0 Å². The molecule has 0 heterocycles. The smallest absolute Gasteiger partial charge is 0.309 e. The Bertz CT molecular complexity index is 405. The zero-order chi connectivity index (χ0) is 20.3. The zero-order valence-electron chi connectivity index (χ0n) is 17.8. The van der Waals surface area contributed by atoms with Crippen molar-refractivity contribution in [2.45, 2.75) is 85.0 Å². The predicted octanol–water partition coefficient (Wildman–Crippen LogP) is 5.05. The van der Waals surface area contributed by atoms with Gasteiger partial charge in [0.15, 0.2) is 0 Å². The van der Waals surface area contributed by atoms with Crippen molar-refractivity contribution in [3.8, 4) is 0 Å². The SMILES string of the molecule is CCCCCCCCC/C=C/C[C@@H](CC(=O)O)C(=O)OCCN(CC)CC. The third-order valence-corrected chi connectivity index (χ3v) is 4.86. The molecule has 0 saturated carbocycles. The number of carbonyl (C=O) groups excluding carboxylic acids is 1. The van der Waals surface area contributed by atoms with Gasteiger partial charge in [0.05, 0.1) is 12.3 Å². The average molecular weight is 384 g/mol. The van der Waals surface area contributed by atoms with Gasteiger partial charge in [0.25, 0.3) is 0 Å². The van der Waals surface area contributed by atoms with Crippen LogP contribution in [0, 0.1) is 5.92 Å². The molecule has 0 fully saturated rings. The number of allylic oxidation sites excluding steroid dienone is 2. The number of nitrogens with zero attached hydrogens (tertiary/aromatic N) is 1. The summed E-state index contributed by atoms with van der Waals surface area (Å²) in [5.74, 6) is -1.95. The summed E-state index contributed by atoms with van der Waals surface area (Å²) in [6.45, 7) is 9.18. The molecule has 0 aromatic carbocycles. The van der Waals surface area contributed by atoms with Crippen LogP contribution in [-0.4, -0.2) is 48.2 Å². The lowest BCUT2D eigenvalue weighted by molar-refractivity contribution is -0.153. The average Bonchev–Trinajstić information content (AvgIpc) is 2.65. The summed E-state index contributed by atoms with van der Waals surface area (Å²) < 4.78 is 5.30. The molecule has 0 rings (SSSR count). The molecule has 0 radical (unpaired) electrons. The molecule has 0 bridgehead atoms. The Hall–Kier alpha value is -1.36. The molecule has 0 aromatic heterocycles. The van der Waals surface area contributed by atoms with Crippen molar-refractivity contribution in [3.05, 3.63) is 12.2 Å². The van der Waals surface area contributed by atoms with E-state index in [2.05, 4.69) is 31.7 Å². The Morgan fingerprint density at radius 3 is 2.19 bits per heavy atom. The summed E-state index contributed by atoms with van der Waals surface area (Å²) in [6, 6.07) is 0. The number of ether oxygens (including phenoxy) is 1. The van der Waals surface area contributed by atoms with Crippen molar-refractivity contribution >= 4 is 11.9 Å². The highest BCUT2D eigenvalue weighted by Gasteiger charge is 2.22. The molecule has 0 unspecified atom stereocenters. The van der Waals surface area contributed by atoms with Crippen LogP contribution in [0.3, 0.4) is 0 Å². The molecule has 0 aliphatic heterocycles. The van der Waals surface area contributed by atoms with Gasteiger partial charge in [-0.15, -0.1) is 0 Å². The first-order valence-corrected chi connectivity index (χ1v) is 10.8. The molecule has 0 amide bonds. The normalized spacial score (nSPS) is 12.6. The number of carboxylic acids is 1. The van der Waals surface area contributed by atoms with E-state index in [9.17, 15) is 9.59 Å². The van der Waals surface area contributed by atoms with Gasteiger partial charge in [0.2, 0.25) is 0 Å². The van der Waals surface area contributed by atoms with Crippen LogP contribution in [0.25, 0.3) is 0 Å². The van der Waals surface area contributed by atoms with Crippen LogP contribution >= 0.6 is 0 Å². The highest BCUT2D eigenvalue weighted by molar-refractivity contribution is 5.79. The monoisotopic (exact) mass is 383 g/mol. The number of carbonyl (C=O) groups is 2. The van der Waals surface area contributed by atoms with E-state index in [0.717, 1.165) is 25.9 Å². The molecule has 0 spiro atoms. The van der Waals surface area contributed by atoms with Gasteiger partial charge in [0, 0.05) is 6.54 Å². The maximum absolute atomic E-state index is 12.2. The molecule has 5 heteroatoms. The number of aliphatic carboxylic acids is 1. The van der Waals surface area contributed by atoms with Gasteiger partial charge in [0.1, 0.15) is 6.61 Å². The predicted molar refractivity (Wildman–Crippen MR) is 111 cm³/mol. The second-order valence-corrected chi connectivity index (χ2v) is 7.11. The van der Waals surface area contributed by atoms with Gasteiger partial charge in [-0.3, -0.25) is 9.59 Å². The van der Waals surface area contributed by atoms with Crippen molar-refractivity contribution in [3.63, 3.8) is 0 Å². The third-order valence-electron chi connectivity index (χ3n) is 4.86. The topological polar surface area (TPSA) is 66.8 Å². The van der Waals surface area contributed by atoms with Gasteiger partial charge in [-0.25, -0.2) is 0 Å². The van der Waals surface area contributed by atoms with Crippen molar-refractivity contribution in [2.24, 2.45) is 5.92 Å². The van der Waals surface area contributed by atoms with Gasteiger partial charge in [-0.1, -0.05) is 71.4 Å². The summed E-state index contributed by atoms with van der Waals surface area (Å²) >= 11 is 0. The Balaban J connectivity index is 4.07. The third kappa shape index (κ3) is 15.4. The lowest BCUT2D eigenvalue weighted by Crippen LogP contribution is -2.29. The van der Waals surface area contributed by atoms with E-state index in [0.29, 0.717) is 19.6 Å². The quantitative estimate of drug-likeness (QED) is 0.204. The summed E-state index contributed by atoms with van der Waals surface area (Å²) in [5.41, 5.74) is 0.